The molecule has 0 aliphatic heterocycles. The van der Waals surface area contributed by atoms with Crippen LogP contribution in [0.1, 0.15) is 45.1 Å². The van der Waals surface area contributed by atoms with Gasteiger partial charge in [0.15, 0.2) is 0 Å². The van der Waals surface area contributed by atoms with E-state index in [9.17, 15) is 9.59 Å². The molecule has 0 saturated heterocycles. The Hall–Kier alpha value is -1.84. The van der Waals surface area contributed by atoms with Crippen LogP contribution in [0.4, 0.5) is 0 Å². The molecule has 0 aliphatic rings. The topological polar surface area (TPSA) is 74.6 Å². The summed E-state index contributed by atoms with van der Waals surface area (Å²) in [5, 5.41) is 16.6. The van der Waals surface area contributed by atoms with Crippen LogP contribution in [0.15, 0.2) is 30.3 Å². The van der Waals surface area contributed by atoms with Gasteiger partial charge in [0, 0.05) is 12.8 Å². The zero-order valence-electron chi connectivity index (χ0n) is 12.2. The van der Waals surface area contributed by atoms with Crippen molar-refractivity contribution >= 4 is 11.9 Å². The average molecular weight is 280 g/mol. The normalized spacial score (nSPS) is 9.75. The Morgan fingerprint density at radius 3 is 1.75 bits per heavy atom. The van der Waals surface area contributed by atoms with Crippen LogP contribution in [0, 0.1) is 5.92 Å². The van der Waals surface area contributed by atoms with Crippen molar-refractivity contribution < 1.29 is 19.8 Å². The van der Waals surface area contributed by atoms with Crippen LogP contribution in [0.5, 0.6) is 0 Å². The van der Waals surface area contributed by atoms with Crippen molar-refractivity contribution in [3.05, 3.63) is 35.9 Å². The number of carbonyl (C=O) groups is 2. The SMILES string of the molecule is CC(CCC(=O)O)CCC(=O)O.CCc1ccccc1. The predicted molar refractivity (Wildman–Crippen MR) is 78.7 cm³/mol. The molecule has 4 heteroatoms. The minimum atomic E-state index is -0.822. The molecule has 2 N–H and O–H groups in total. The lowest BCUT2D eigenvalue weighted by atomic mass is 10.00. The molecule has 0 heterocycles. The largest absolute Gasteiger partial charge is 0.481 e. The minimum Gasteiger partial charge on any atom is -0.481 e. The van der Waals surface area contributed by atoms with E-state index < -0.39 is 11.9 Å². The highest BCUT2D eigenvalue weighted by Crippen LogP contribution is 2.12. The second kappa shape index (κ2) is 11.0. The third-order valence-electron chi connectivity index (χ3n) is 2.95. The summed E-state index contributed by atoms with van der Waals surface area (Å²) in [6.07, 6.45) is 2.51. The number of carboxylic acid groups (broad SMARTS) is 2. The number of benzene rings is 1. The van der Waals surface area contributed by atoms with Crippen LogP contribution >= 0.6 is 0 Å². The summed E-state index contributed by atoms with van der Waals surface area (Å²) in [5.41, 5.74) is 1.41. The molecule has 0 unspecified atom stereocenters. The molecule has 1 rings (SSSR count). The maximum absolute atomic E-state index is 10.1. The van der Waals surface area contributed by atoms with Gasteiger partial charge >= 0.3 is 11.9 Å². The summed E-state index contributed by atoms with van der Waals surface area (Å²) in [6.45, 7) is 4.03. The van der Waals surface area contributed by atoms with E-state index in [0.29, 0.717) is 12.8 Å². The fraction of sp³-hybridized carbons (Fsp3) is 0.500. The van der Waals surface area contributed by atoms with Gasteiger partial charge in [-0.2, -0.15) is 0 Å². The molecule has 0 amide bonds. The second-order valence-electron chi connectivity index (χ2n) is 4.81. The molecule has 0 radical (unpaired) electrons. The van der Waals surface area contributed by atoms with Crippen LogP contribution in [-0.4, -0.2) is 22.2 Å². The van der Waals surface area contributed by atoms with Gasteiger partial charge in [0.2, 0.25) is 0 Å². The van der Waals surface area contributed by atoms with Crippen LogP contribution in [-0.2, 0) is 16.0 Å². The Morgan fingerprint density at radius 2 is 1.45 bits per heavy atom. The molecular formula is C16H24O4. The molecule has 0 aliphatic carbocycles. The molecule has 112 valence electrons. The zero-order valence-corrected chi connectivity index (χ0v) is 12.2. The Kier molecular flexibility index (Phi) is 10.0. The molecule has 0 saturated carbocycles. The molecule has 20 heavy (non-hydrogen) atoms. The first-order chi connectivity index (χ1) is 9.45. The zero-order chi connectivity index (χ0) is 15.4. The monoisotopic (exact) mass is 280 g/mol. The maximum Gasteiger partial charge on any atom is 0.303 e. The first-order valence-electron chi connectivity index (χ1n) is 6.93. The molecule has 0 spiro atoms. The standard InChI is InChI=1S/C8H14O4.C8H10/c1-6(2-4-7(9)10)3-5-8(11)12;1-2-8-6-4-3-5-7-8/h6H,2-5H2,1H3,(H,9,10)(H,11,12);3-7H,2H2,1H3. The Bertz CT molecular complexity index is 369. The first kappa shape index (κ1) is 18.2. The third-order valence-corrected chi connectivity index (χ3v) is 2.95. The molecule has 4 nitrogen and oxygen atoms in total. The molecular weight excluding hydrogens is 256 g/mol. The van der Waals surface area contributed by atoms with Crippen molar-refractivity contribution in [1.82, 2.24) is 0 Å². The van der Waals surface area contributed by atoms with Gasteiger partial charge in [-0.15, -0.1) is 0 Å². The fourth-order valence-electron chi connectivity index (χ4n) is 1.60. The van der Waals surface area contributed by atoms with Gasteiger partial charge in [-0.25, -0.2) is 0 Å². The van der Waals surface area contributed by atoms with Gasteiger partial charge in [-0.1, -0.05) is 44.2 Å². The quantitative estimate of drug-likeness (QED) is 0.800. The van der Waals surface area contributed by atoms with Crippen molar-refractivity contribution in [3.8, 4) is 0 Å². The number of aliphatic carboxylic acids is 2. The highest BCUT2D eigenvalue weighted by molar-refractivity contribution is 5.67. The lowest BCUT2D eigenvalue weighted by Crippen LogP contribution is -2.04. The summed E-state index contributed by atoms with van der Waals surface area (Å²) in [5.74, 6) is -1.47. The Labute approximate surface area is 120 Å². The molecule has 0 aromatic heterocycles. The van der Waals surface area contributed by atoms with Gasteiger partial charge in [0.1, 0.15) is 0 Å². The van der Waals surface area contributed by atoms with Crippen LogP contribution in [0.2, 0.25) is 0 Å². The minimum absolute atomic E-state index is 0.126. The van der Waals surface area contributed by atoms with Crippen LogP contribution < -0.4 is 0 Å². The van der Waals surface area contributed by atoms with E-state index in [-0.39, 0.29) is 18.8 Å². The van der Waals surface area contributed by atoms with Gasteiger partial charge < -0.3 is 10.2 Å². The van der Waals surface area contributed by atoms with Gasteiger partial charge in [0.25, 0.3) is 0 Å². The summed E-state index contributed by atoms with van der Waals surface area (Å²) >= 11 is 0. The van der Waals surface area contributed by atoms with Gasteiger partial charge in [-0.3, -0.25) is 9.59 Å². The molecule has 0 bridgehead atoms. The second-order valence-corrected chi connectivity index (χ2v) is 4.81. The predicted octanol–water partition coefficient (Wildman–Crippen LogP) is 3.60. The summed E-state index contributed by atoms with van der Waals surface area (Å²) < 4.78 is 0. The number of carboxylic acids is 2. The first-order valence-corrected chi connectivity index (χ1v) is 6.93. The van der Waals surface area contributed by atoms with E-state index in [1.165, 1.54) is 5.56 Å². The number of aryl methyl sites for hydroxylation is 1. The summed E-state index contributed by atoms with van der Waals surface area (Å²) in [6, 6.07) is 10.5. The third kappa shape index (κ3) is 11.3. The molecule has 0 atom stereocenters. The van der Waals surface area contributed by atoms with Gasteiger partial charge in [0.05, 0.1) is 0 Å². The summed E-state index contributed by atoms with van der Waals surface area (Å²) in [7, 11) is 0. The highest BCUT2D eigenvalue weighted by Gasteiger charge is 2.07. The lowest BCUT2D eigenvalue weighted by molar-refractivity contribution is -0.137. The fourth-order valence-corrected chi connectivity index (χ4v) is 1.60. The van der Waals surface area contributed by atoms with Crippen LogP contribution in [0.25, 0.3) is 0 Å². The van der Waals surface area contributed by atoms with E-state index in [0.717, 1.165) is 6.42 Å². The Morgan fingerprint density at radius 1 is 1.00 bits per heavy atom. The van der Waals surface area contributed by atoms with E-state index in [4.69, 9.17) is 10.2 Å². The average Bonchev–Trinajstić information content (AvgIpc) is 2.44. The Balaban J connectivity index is 0.000000388. The lowest BCUT2D eigenvalue weighted by Gasteiger charge is -2.06. The molecule has 1 aromatic rings. The smallest absolute Gasteiger partial charge is 0.303 e. The number of hydrogen-bond acceptors (Lipinski definition) is 2. The van der Waals surface area contributed by atoms with Crippen molar-refractivity contribution in [3.63, 3.8) is 0 Å². The highest BCUT2D eigenvalue weighted by atomic mass is 16.4. The van der Waals surface area contributed by atoms with Crippen LogP contribution in [0.3, 0.4) is 0 Å². The summed E-state index contributed by atoms with van der Waals surface area (Å²) in [4.78, 5) is 20.3. The molecule has 1 aromatic carbocycles. The maximum atomic E-state index is 10.1. The van der Waals surface area contributed by atoms with Crippen molar-refractivity contribution in [2.45, 2.75) is 46.0 Å². The van der Waals surface area contributed by atoms with Crippen molar-refractivity contribution in [2.24, 2.45) is 5.92 Å². The van der Waals surface area contributed by atoms with E-state index in [1.54, 1.807) is 0 Å². The van der Waals surface area contributed by atoms with E-state index in [1.807, 2.05) is 13.0 Å². The molecule has 0 fully saturated rings. The van der Waals surface area contributed by atoms with Crippen molar-refractivity contribution in [1.29, 1.82) is 0 Å². The van der Waals surface area contributed by atoms with E-state index in [2.05, 4.69) is 31.2 Å². The number of rotatable bonds is 7. The van der Waals surface area contributed by atoms with Crippen molar-refractivity contribution in [2.75, 3.05) is 0 Å². The van der Waals surface area contributed by atoms with Gasteiger partial charge in [-0.05, 0) is 30.7 Å². The van der Waals surface area contributed by atoms with E-state index >= 15 is 0 Å². The number of hydrogen-bond donors (Lipinski definition) is 2.